The molecule has 2 rings (SSSR count). The summed E-state index contributed by atoms with van der Waals surface area (Å²) >= 11 is 0. The molecule has 0 radical (unpaired) electrons. The Morgan fingerprint density at radius 3 is 1.74 bits per heavy atom. The molecule has 0 bridgehead atoms. The molecule has 0 N–H and O–H groups in total. The molecule has 0 aromatic heterocycles. The highest BCUT2D eigenvalue weighted by Gasteiger charge is 2.17. The Hall–Kier alpha value is -0.0800. The first-order chi connectivity index (χ1) is 9.31. The minimum atomic E-state index is 0.916. The van der Waals surface area contributed by atoms with Crippen LogP contribution in [0.4, 0.5) is 0 Å². The van der Waals surface area contributed by atoms with Crippen molar-refractivity contribution in [2.75, 3.05) is 32.7 Å². The fourth-order valence-electron chi connectivity index (χ4n) is 3.46. The van der Waals surface area contributed by atoms with Crippen LogP contribution in [0.15, 0.2) is 0 Å². The second-order valence-electron chi connectivity index (χ2n) is 6.01. The van der Waals surface area contributed by atoms with Gasteiger partial charge in [-0.1, -0.05) is 46.5 Å². The van der Waals surface area contributed by atoms with Gasteiger partial charge in [0.05, 0.1) is 0 Å². The molecule has 0 atom stereocenters. The summed E-state index contributed by atoms with van der Waals surface area (Å²) in [5.41, 5.74) is 0. The van der Waals surface area contributed by atoms with Crippen molar-refractivity contribution in [2.45, 2.75) is 78.2 Å². The molecule has 2 aliphatic rings. The third-order valence-corrected chi connectivity index (χ3v) is 4.80. The van der Waals surface area contributed by atoms with Crippen LogP contribution in [0.2, 0.25) is 0 Å². The summed E-state index contributed by atoms with van der Waals surface area (Å²) in [6, 6.07) is 0.916. The van der Waals surface area contributed by atoms with E-state index in [2.05, 4.69) is 30.6 Å². The maximum atomic E-state index is 2.61. The van der Waals surface area contributed by atoms with E-state index in [0.29, 0.717) is 0 Å². The molecule has 1 saturated carbocycles. The van der Waals surface area contributed by atoms with Gasteiger partial charge in [0.25, 0.3) is 0 Å². The quantitative estimate of drug-likeness (QED) is 0.755. The van der Waals surface area contributed by atoms with E-state index in [1.165, 1.54) is 84.1 Å². The fraction of sp³-hybridized carbons (Fsp3) is 1.00. The molecule has 2 heteroatoms. The standard InChI is InChI=1S/C10H21N.C7H15N/c1-3-11(4-2)10-8-6-5-7-9-10;1-2-8-6-4-3-5-7-8/h10H,3-9H2,1-2H3;2-7H2,1H3. The first-order valence-electron chi connectivity index (χ1n) is 8.78. The zero-order valence-electron chi connectivity index (χ0n) is 13.7. The number of rotatable bonds is 4. The van der Waals surface area contributed by atoms with Crippen molar-refractivity contribution >= 4 is 0 Å². The third kappa shape index (κ3) is 6.76. The molecule has 0 aromatic carbocycles. The van der Waals surface area contributed by atoms with E-state index < -0.39 is 0 Å². The van der Waals surface area contributed by atoms with E-state index in [1.807, 2.05) is 0 Å². The lowest BCUT2D eigenvalue weighted by Gasteiger charge is -2.32. The Kier molecular flexibility index (Phi) is 9.54. The highest BCUT2D eigenvalue weighted by molar-refractivity contribution is 4.73. The Morgan fingerprint density at radius 1 is 0.789 bits per heavy atom. The van der Waals surface area contributed by atoms with Gasteiger partial charge in [-0.2, -0.15) is 0 Å². The molecule has 1 aliphatic carbocycles. The summed E-state index contributed by atoms with van der Waals surface area (Å²) in [7, 11) is 0. The molecule has 0 amide bonds. The van der Waals surface area contributed by atoms with Gasteiger partial charge in [-0.05, 0) is 58.4 Å². The van der Waals surface area contributed by atoms with Crippen LogP contribution >= 0.6 is 0 Å². The average Bonchev–Trinajstić information content (AvgIpc) is 2.51. The lowest BCUT2D eigenvalue weighted by molar-refractivity contribution is 0.172. The predicted molar refractivity (Wildman–Crippen MR) is 85.8 cm³/mol. The third-order valence-electron chi connectivity index (χ3n) is 4.80. The van der Waals surface area contributed by atoms with Crippen LogP contribution in [0, 0.1) is 0 Å². The summed E-state index contributed by atoms with van der Waals surface area (Å²) < 4.78 is 0. The summed E-state index contributed by atoms with van der Waals surface area (Å²) in [5, 5.41) is 0. The van der Waals surface area contributed by atoms with Gasteiger partial charge in [-0.15, -0.1) is 0 Å². The average molecular weight is 268 g/mol. The predicted octanol–water partition coefficient (Wildman–Crippen LogP) is 4.15. The summed E-state index contributed by atoms with van der Waals surface area (Å²) in [4.78, 5) is 5.13. The Bertz CT molecular complexity index is 189. The normalized spacial score (nSPS) is 22.1. The van der Waals surface area contributed by atoms with E-state index in [-0.39, 0.29) is 0 Å². The first-order valence-corrected chi connectivity index (χ1v) is 8.78. The Balaban J connectivity index is 0.000000200. The molecule has 1 saturated heterocycles. The second-order valence-corrected chi connectivity index (χ2v) is 6.01. The minimum Gasteiger partial charge on any atom is -0.304 e. The van der Waals surface area contributed by atoms with Crippen LogP contribution in [0.25, 0.3) is 0 Å². The molecule has 2 nitrogen and oxygen atoms in total. The maximum Gasteiger partial charge on any atom is 0.00950 e. The smallest absolute Gasteiger partial charge is 0.00950 e. The molecule has 1 heterocycles. The molecule has 0 unspecified atom stereocenters. The van der Waals surface area contributed by atoms with Crippen molar-refractivity contribution in [3.63, 3.8) is 0 Å². The first kappa shape index (κ1) is 17.0. The molecule has 0 aromatic rings. The van der Waals surface area contributed by atoms with Crippen molar-refractivity contribution in [1.29, 1.82) is 0 Å². The summed E-state index contributed by atoms with van der Waals surface area (Å²) in [6.45, 7) is 13.2. The van der Waals surface area contributed by atoms with Crippen molar-refractivity contribution in [3.8, 4) is 0 Å². The monoisotopic (exact) mass is 268 g/mol. The fourth-order valence-corrected chi connectivity index (χ4v) is 3.46. The van der Waals surface area contributed by atoms with Gasteiger partial charge in [0.1, 0.15) is 0 Å². The largest absolute Gasteiger partial charge is 0.304 e. The van der Waals surface area contributed by atoms with Gasteiger partial charge < -0.3 is 9.80 Å². The van der Waals surface area contributed by atoms with E-state index in [1.54, 1.807) is 0 Å². The van der Waals surface area contributed by atoms with Crippen LogP contribution in [-0.2, 0) is 0 Å². The van der Waals surface area contributed by atoms with Crippen LogP contribution in [0.1, 0.15) is 72.1 Å². The van der Waals surface area contributed by atoms with E-state index in [4.69, 9.17) is 0 Å². The van der Waals surface area contributed by atoms with Crippen LogP contribution in [-0.4, -0.2) is 48.6 Å². The van der Waals surface area contributed by atoms with Gasteiger partial charge in [0.15, 0.2) is 0 Å². The van der Waals surface area contributed by atoms with Gasteiger partial charge in [-0.3, -0.25) is 0 Å². The number of nitrogens with zero attached hydrogens (tertiary/aromatic N) is 2. The molecule has 0 spiro atoms. The minimum absolute atomic E-state index is 0.916. The SMILES string of the molecule is CCN(CC)C1CCCCC1.CCN1CCCCC1. The Morgan fingerprint density at radius 2 is 1.32 bits per heavy atom. The molecular formula is C17H36N2. The van der Waals surface area contributed by atoms with Gasteiger partial charge in [0.2, 0.25) is 0 Å². The number of hydrogen-bond donors (Lipinski definition) is 0. The number of piperidine rings is 1. The second kappa shape index (κ2) is 10.7. The molecule has 1 aliphatic heterocycles. The lowest BCUT2D eigenvalue weighted by Crippen LogP contribution is -2.36. The summed E-state index contributed by atoms with van der Waals surface area (Å²) in [5.74, 6) is 0. The molecule has 114 valence electrons. The summed E-state index contributed by atoms with van der Waals surface area (Å²) in [6.07, 6.45) is 11.6. The van der Waals surface area contributed by atoms with Crippen LogP contribution in [0.5, 0.6) is 0 Å². The van der Waals surface area contributed by atoms with Crippen molar-refractivity contribution < 1.29 is 0 Å². The molecule has 2 fully saturated rings. The van der Waals surface area contributed by atoms with E-state index in [9.17, 15) is 0 Å². The van der Waals surface area contributed by atoms with Gasteiger partial charge in [0, 0.05) is 6.04 Å². The van der Waals surface area contributed by atoms with Crippen molar-refractivity contribution in [2.24, 2.45) is 0 Å². The topological polar surface area (TPSA) is 6.48 Å². The Labute approximate surface area is 121 Å². The highest BCUT2D eigenvalue weighted by atomic mass is 15.1. The van der Waals surface area contributed by atoms with Crippen molar-refractivity contribution in [3.05, 3.63) is 0 Å². The van der Waals surface area contributed by atoms with Crippen LogP contribution < -0.4 is 0 Å². The zero-order chi connectivity index (χ0) is 13.9. The van der Waals surface area contributed by atoms with Gasteiger partial charge in [-0.25, -0.2) is 0 Å². The lowest BCUT2D eigenvalue weighted by atomic mass is 9.94. The number of likely N-dealkylation sites (tertiary alicyclic amines) is 1. The van der Waals surface area contributed by atoms with E-state index in [0.717, 1.165) is 6.04 Å². The van der Waals surface area contributed by atoms with Gasteiger partial charge >= 0.3 is 0 Å². The highest BCUT2D eigenvalue weighted by Crippen LogP contribution is 2.21. The molecular weight excluding hydrogens is 232 g/mol. The van der Waals surface area contributed by atoms with Crippen LogP contribution in [0.3, 0.4) is 0 Å². The zero-order valence-corrected chi connectivity index (χ0v) is 13.7. The number of hydrogen-bond acceptors (Lipinski definition) is 2. The maximum absolute atomic E-state index is 2.61. The van der Waals surface area contributed by atoms with Crippen molar-refractivity contribution in [1.82, 2.24) is 9.80 Å². The van der Waals surface area contributed by atoms with E-state index >= 15 is 0 Å². The molecule has 19 heavy (non-hydrogen) atoms.